The second kappa shape index (κ2) is 12.9. The number of ether oxygens (including phenoxy) is 2. The second-order valence-corrected chi connectivity index (χ2v) is 3.36. The van der Waals surface area contributed by atoms with Gasteiger partial charge in [0.1, 0.15) is 0 Å². The van der Waals surface area contributed by atoms with Crippen LogP contribution in [0.25, 0.3) is 0 Å². The average molecular weight is 204 g/mol. The molecule has 0 aliphatic rings. The van der Waals surface area contributed by atoms with Crippen LogP contribution in [0.5, 0.6) is 0 Å². The van der Waals surface area contributed by atoms with E-state index in [0.717, 1.165) is 32.7 Å². The zero-order valence-corrected chi connectivity index (χ0v) is 9.33. The summed E-state index contributed by atoms with van der Waals surface area (Å²) in [7, 11) is 0. The van der Waals surface area contributed by atoms with Gasteiger partial charge in [-0.1, -0.05) is 19.8 Å². The molecule has 3 heteroatoms. The summed E-state index contributed by atoms with van der Waals surface area (Å²) in [4.78, 5) is 0. The van der Waals surface area contributed by atoms with E-state index in [1.807, 2.05) is 0 Å². The van der Waals surface area contributed by atoms with Crippen LogP contribution in [-0.4, -0.2) is 38.1 Å². The van der Waals surface area contributed by atoms with E-state index in [0.29, 0.717) is 6.61 Å². The van der Waals surface area contributed by atoms with Gasteiger partial charge >= 0.3 is 0 Å². The normalized spacial score (nSPS) is 10.7. The van der Waals surface area contributed by atoms with Crippen LogP contribution in [0.15, 0.2) is 0 Å². The lowest BCUT2D eigenvalue weighted by Gasteiger charge is -2.04. The highest BCUT2D eigenvalue weighted by Gasteiger charge is 1.90. The van der Waals surface area contributed by atoms with Crippen molar-refractivity contribution in [2.24, 2.45) is 0 Å². The van der Waals surface area contributed by atoms with Gasteiger partial charge in [0.25, 0.3) is 0 Å². The maximum Gasteiger partial charge on any atom is 0.0488 e. The molecule has 0 fully saturated rings. The summed E-state index contributed by atoms with van der Waals surface area (Å²) in [6, 6.07) is 0. The molecule has 0 aliphatic carbocycles. The van der Waals surface area contributed by atoms with Crippen LogP contribution < -0.4 is 0 Å². The van der Waals surface area contributed by atoms with Crippen molar-refractivity contribution in [2.45, 2.75) is 39.0 Å². The lowest BCUT2D eigenvalue weighted by Crippen LogP contribution is -2.03. The summed E-state index contributed by atoms with van der Waals surface area (Å²) in [5.41, 5.74) is 0. The van der Waals surface area contributed by atoms with E-state index in [9.17, 15) is 0 Å². The quantitative estimate of drug-likeness (QED) is 0.523. The maximum absolute atomic E-state index is 8.48. The molecule has 0 unspecified atom stereocenters. The summed E-state index contributed by atoms with van der Waals surface area (Å²) in [6.45, 7) is 5.48. The fourth-order valence-corrected chi connectivity index (χ4v) is 1.09. The minimum Gasteiger partial charge on any atom is -0.396 e. The van der Waals surface area contributed by atoms with E-state index in [2.05, 4.69) is 6.92 Å². The van der Waals surface area contributed by atoms with Crippen LogP contribution in [-0.2, 0) is 9.47 Å². The van der Waals surface area contributed by atoms with E-state index in [4.69, 9.17) is 14.6 Å². The Hall–Kier alpha value is -0.120. The van der Waals surface area contributed by atoms with Crippen molar-refractivity contribution in [3.8, 4) is 0 Å². The molecule has 14 heavy (non-hydrogen) atoms. The molecule has 0 rings (SSSR count). The van der Waals surface area contributed by atoms with Crippen molar-refractivity contribution in [3.05, 3.63) is 0 Å². The predicted molar refractivity (Wildman–Crippen MR) is 57.5 cm³/mol. The molecule has 0 heterocycles. The van der Waals surface area contributed by atoms with E-state index in [1.165, 1.54) is 19.3 Å². The molecule has 0 aromatic rings. The van der Waals surface area contributed by atoms with Gasteiger partial charge in [0.05, 0.1) is 0 Å². The van der Waals surface area contributed by atoms with Crippen molar-refractivity contribution in [1.82, 2.24) is 0 Å². The molecule has 3 nitrogen and oxygen atoms in total. The summed E-state index contributed by atoms with van der Waals surface area (Å²) in [5.74, 6) is 0. The summed E-state index contributed by atoms with van der Waals surface area (Å²) < 4.78 is 10.7. The highest BCUT2D eigenvalue weighted by Crippen LogP contribution is 1.95. The summed E-state index contributed by atoms with van der Waals surface area (Å²) >= 11 is 0. The minimum absolute atomic E-state index is 0.216. The first-order chi connectivity index (χ1) is 6.91. The summed E-state index contributed by atoms with van der Waals surface area (Å²) in [5, 5.41) is 8.48. The molecular formula is C11H24O3. The van der Waals surface area contributed by atoms with Gasteiger partial charge in [-0.2, -0.15) is 0 Å². The Labute approximate surface area is 87.4 Å². The van der Waals surface area contributed by atoms with Gasteiger partial charge in [-0.15, -0.1) is 0 Å². The minimum atomic E-state index is 0.216. The highest BCUT2D eigenvalue weighted by atomic mass is 16.5. The molecule has 0 spiro atoms. The molecule has 0 atom stereocenters. The van der Waals surface area contributed by atoms with Gasteiger partial charge < -0.3 is 14.6 Å². The molecule has 0 saturated carbocycles. The van der Waals surface area contributed by atoms with E-state index in [-0.39, 0.29) is 6.61 Å². The van der Waals surface area contributed by atoms with E-state index >= 15 is 0 Å². The number of hydrogen-bond acceptors (Lipinski definition) is 3. The SMILES string of the molecule is CCCCCOCCCOCCCO. The second-order valence-electron chi connectivity index (χ2n) is 3.36. The molecule has 0 aromatic heterocycles. The topological polar surface area (TPSA) is 38.7 Å². The fraction of sp³-hybridized carbons (Fsp3) is 1.00. The Kier molecular flexibility index (Phi) is 12.8. The van der Waals surface area contributed by atoms with Crippen molar-refractivity contribution >= 4 is 0 Å². The van der Waals surface area contributed by atoms with Crippen LogP contribution in [0.1, 0.15) is 39.0 Å². The first kappa shape index (κ1) is 13.9. The van der Waals surface area contributed by atoms with Crippen LogP contribution in [0.3, 0.4) is 0 Å². The number of unbranched alkanes of at least 4 members (excludes halogenated alkanes) is 2. The molecule has 1 N–H and O–H groups in total. The van der Waals surface area contributed by atoms with Gasteiger partial charge in [-0.3, -0.25) is 0 Å². The molecule has 0 aromatic carbocycles. The van der Waals surface area contributed by atoms with Crippen LogP contribution in [0.4, 0.5) is 0 Å². The highest BCUT2D eigenvalue weighted by molar-refractivity contribution is 4.39. The molecule has 0 saturated heterocycles. The standard InChI is InChI=1S/C11H24O3/c1-2-3-4-8-13-10-6-11-14-9-5-7-12/h12H,2-11H2,1H3. The Balaban J connectivity index is 2.78. The summed E-state index contributed by atoms with van der Waals surface area (Å²) in [6.07, 6.45) is 5.36. The molecule has 86 valence electrons. The molecule has 0 radical (unpaired) electrons. The number of aliphatic hydroxyl groups excluding tert-OH is 1. The first-order valence-corrected chi connectivity index (χ1v) is 5.68. The van der Waals surface area contributed by atoms with Gasteiger partial charge in [0, 0.05) is 33.0 Å². The average Bonchev–Trinajstić information content (AvgIpc) is 2.21. The number of rotatable bonds is 11. The molecule has 0 aliphatic heterocycles. The largest absolute Gasteiger partial charge is 0.396 e. The lowest BCUT2D eigenvalue weighted by molar-refractivity contribution is 0.0750. The Bertz CT molecular complexity index is 84.5. The Morgan fingerprint density at radius 3 is 1.93 bits per heavy atom. The van der Waals surface area contributed by atoms with E-state index in [1.54, 1.807) is 0 Å². The first-order valence-electron chi connectivity index (χ1n) is 5.68. The molecule has 0 bridgehead atoms. The monoisotopic (exact) mass is 204 g/mol. The van der Waals surface area contributed by atoms with Crippen LogP contribution >= 0.6 is 0 Å². The van der Waals surface area contributed by atoms with E-state index < -0.39 is 0 Å². The van der Waals surface area contributed by atoms with Crippen LogP contribution in [0, 0.1) is 0 Å². The Morgan fingerprint density at radius 1 is 0.786 bits per heavy atom. The third-order valence-electron chi connectivity index (χ3n) is 1.92. The lowest BCUT2D eigenvalue weighted by atomic mass is 10.3. The van der Waals surface area contributed by atoms with Gasteiger partial charge in [0.2, 0.25) is 0 Å². The predicted octanol–water partition coefficient (Wildman–Crippen LogP) is 1.98. The third-order valence-corrected chi connectivity index (χ3v) is 1.92. The van der Waals surface area contributed by atoms with Crippen molar-refractivity contribution < 1.29 is 14.6 Å². The molecule has 0 amide bonds. The van der Waals surface area contributed by atoms with Gasteiger partial charge in [0.15, 0.2) is 0 Å². The van der Waals surface area contributed by atoms with Gasteiger partial charge in [-0.25, -0.2) is 0 Å². The maximum atomic E-state index is 8.48. The van der Waals surface area contributed by atoms with Crippen molar-refractivity contribution in [3.63, 3.8) is 0 Å². The van der Waals surface area contributed by atoms with Crippen molar-refractivity contribution in [2.75, 3.05) is 33.0 Å². The molecular weight excluding hydrogens is 180 g/mol. The van der Waals surface area contributed by atoms with Crippen molar-refractivity contribution in [1.29, 1.82) is 0 Å². The zero-order chi connectivity index (χ0) is 10.5. The number of hydrogen-bond donors (Lipinski definition) is 1. The van der Waals surface area contributed by atoms with Crippen LogP contribution in [0.2, 0.25) is 0 Å². The van der Waals surface area contributed by atoms with Gasteiger partial charge in [-0.05, 0) is 19.3 Å². The fourth-order valence-electron chi connectivity index (χ4n) is 1.09. The Morgan fingerprint density at radius 2 is 1.36 bits per heavy atom. The third kappa shape index (κ3) is 11.9. The zero-order valence-electron chi connectivity index (χ0n) is 9.33. The smallest absolute Gasteiger partial charge is 0.0488 e. The number of aliphatic hydroxyl groups is 1.